The van der Waals surface area contributed by atoms with Crippen molar-refractivity contribution < 1.29 is 9.59 Å². The molecule has 19 heavy (non-hydrogen) atoms. The second-order valence-electron chi connectivity index (χ2n) is 4.16. The van der Waals surface area contributed by atoms with Crippen molar-refractivity contribution in [2.75, 3.05) is 18.4 Å². The molecule has 0 fully saturated rings. The van der Waals surface area contributed by atoms with Crippen molar-refractivity contribution in [3.63, 3.8) is 0 Å². The molecule has 5 heteroatoms. The fourth-order valence-corrected chi connectivity index (χ4v) is 1.72. The van der Waals surface area contributed by atoms with Crippen LogP contribution in [0.2, 0.25) is 0 Å². The summed E-state index contributed by atoms with van der Waals surface area (Å²) in [6.07, 6.45) is 0. The molecule has 0 aliphatic rings. The number of carbonyl (C=O) groups is 2. The smallest absolute Gasteiger partial charge is 0.253 e. The van der Waals surface area contributed by atoms with Gasteiger partial charge in [-0.15, -0.1) is 11.6 Å². The van der Waals surface area contributed by atoms with Gasteiger partial charge in [-0.05, 0) is 39.0 Å². The second-order valence-corrected chi connectivity index (χ2v) is 4.82. The van der Waals surface area contributed by atoms with E-state index in [2.05, 4.69) is 5.32 Å². The monoisotopic (exact) mass is 282 g/mol. The van der Waals surface area contributed by atoms with Crippen LogP contribution in [0.4, 0.5) is 5.69 Å². The van der Waals surface area contributed by atoms with Gasteiger partial charge in [-0.1, -0.05) is 6.07 Å². The molecule has 0 bridgehead atoms. The number of anilines is 1. The number of rotatable bonds is 5. The average molecular weight is 283 g/mol. The van der Waals surface area contributed by atoms with Crippen molar-refractivity contribution in [3.8, 4) is 0 Å². The summed E-state index contributed by atoms with van der Waals surface area (Å²) in [6, 6.07) is 6.87. The van der Waals surface area contributed by atoms with Crippen LogP contribution in [0.15, 0.2) is 24.3 Å². The summed E-state index contributed by atoms with van der Waals surface area (Å²) in [5.41, 5.74) is 1.14. The van der Waals surface area contributed by atoms with Crippen LogP contribution in [0.5, 0.6) is 0 Å². The highest BCUT2D eigenvalue weighted by Crippen LogP contribution is 2.13. The van der Waals surface area contributed by atoms with E-state index in [9.17, 15) is 9.59 Å². The van der Waals surface area contributed by atoms with Crippen molar-refractivity contribution in [2.45, 2.75) is 26.1 Å². The molecule has 0 saturated carbocycles. The van der Waals surface area contributed by atoms with E-state index in [4.69, 9.17) is 11.6 Å². The predicted octanol–water partition coefficient (Wildman–Crippen LogP) is 2.73. The molecular weight excluding hydrogens is 264 g/mol. The van der Waals surface area contributed by atoms with E-state index in [1.54, 1.807) is 36.1 Å². The van der Waals surface area contributed by atoms with Gasteiger partial charge in [-0.25, -0.2) is 0 Å². The predicted molar refractivity (Wildman–Crippen MR) is 77.6 cm³/mol. The molecule has 1 N–H and O–H groups in total. The molecule has 0 aliphatic heterocycles. The lowest BCUT2D eigenvalue weighted by molar-refractivity contribution is -0.115. The average Bonchev–Trinajstić information content (AvgIpc) is 2.40. The number of nitrogens with one attached hydrogen (secondary N) is 1. The highest BCUT2D eigenvalue weighted by atomic mass is 35.5. The Labute approximate surface area is 118 Å². The molecular formula is C14H19ClN2O2. The standard InChI is InChI=1S/C14H19ClN2O2/c1-4-17(5-2)14(19)11-7-6-8-12(9-11)16-13(18)10(3)15/h6-10H,4-5H2,1-3H3,(H,16,18)/t10-/m0/s1. The summed E-state index contributed by atoms with van der Waals surface area (Å²) in [4.78, 5) is 25.4. The quantitative estimate of drug-likeness (QED) is 0.844. The molecule has 1 rings (SSSR count). The molecule has 0 saturated heterocycles. The van der Waals surface area contributed by atoms with E-state index in [-0.39, 0.29) is 11.8 Å². The first-order valence-corrected chi connectivity index (χ1v) is 6.77. The minimum atomic E-state index is -0.609. The van der Waals surface area contributed by atoms with Gasteiger partial charge < -0.3 is 10.2 Å². The molecule has 104 valence electrons. The third-order valence-electron chi connectivity index (χ3n) is 2.79. The molecule has 0 spiro atoms. The Kier molecular flexibility index (Phi) is 5.83. The molecule has 4 nitrogen and oxygen atoms in total. The zero-order valence-corrected chi connectivity index (χ0v) is 12.2. The summed E-state index contributed by atoms with van der Waals surface area (Å²) in [6.45, 7) is 6.78. The van der Waals surface area contributed by atoms with Crippen LogP contribution in [-0.2, 0) is 4.79 Å². The highest BCUT2D eigenvalue weighted by molar-refractivity contribution is 6.32. The zero-order valence-electron chi connectivity index (χ0n) is 11.4. The van der Waals surface area contributed by atoms with Crippen LogP contribution >= 0.6 is 11.6 Å². The summed E-state index contributed by atoms with van der Waals surface area (Å²) in [5, 5.41) is 2.06. The van der Waals surface area contributed by atoms with Gasteiger partial charge in [0.1, 0.15) is 5.38 Å². The SMILES string of the molecule is CCN(CC)C(=O)c1cccc(NC(=O)[C@H](C)Cl)c1. The molecule has 1 aromatic rings. The first-order valence-electron chi connectivity index (χ1n) is 6.33. The maximum Gasteiger partial charge on any atom is 0.253 e. The lowest BCUT2D eigenvalue weighted by Crippen LogP contribution is -2.30. The molecule has 2 amide bonds. The van der Waals surface area contributed by atoms with Gasteiger partial charge in [0.15, 0.2) is 0 Å². The van der Waals surface area contributed by atoms with Crippen LogP contribution in [0.1, 0.15) is 31.1 Å². The fraction of sp³-hybridized carbons (Fsp3) is 0.429. The lowest BCUT2D eigenvalue weighted by atomic mass is 10.1. The third kappa shape index (κ3) is 4.24. The van der Waals surface area contributed by atoms with E-state index in [0.29, 0.717) is 24.3 Å². The lowest BCUT2D eigenvalue weighted by Gasteiger charge is -2.19. The van der Waals surface area contributed by atoms with Crippen molar-refractivity contribution >= 4 is 29.1 Å². The summed E-state index contributed by atoms with van der Waals surface area (Å²) < 4.78 is 0. The van der Waals surface area contributed by atoms with Gasteiger partial charge in [0.05, 0.1) is 0 Å². The van der Waals surface area contributed by atoms with Gasteiger partial charge in [-0.2, -0.15) is 0 Å². The molecule has 1 aromatic carbocycles. The first-order chi connectivity index (χ1) is 8.99. The number of alkyl halides is 1. The summed E-state index contributed by atoms with van der Waals surface area (Å²) >= 11 is 5.69. The number of carbonyl (C=O) groups excluding carboxylic acids is 2. The Morgan fingerprint density at radius 2 is 1.95 bits per heavy atom. The Morgan fingerprint density at radius 1 is 1.32 bits per heavy atom. The molecule has 1 atom stereocenters. The van der Waals surface area contributed by atoms with E-state index < -0.39 is 5.38 Å². The number of benzene rings is 1. The minimum Gasteiger partial charge on any atom is -0.339 e. The van der Waals surface area contributed by atoms with Crippen LogP contribution in [0.3, 0.4) is 0 Å². The van der Waals surface area contributed by atoms with Gasteiger partial charge in [0.25, 0.3) is 5.91 Å². The molecule has 0 heterocycles. The van der Waals surface area contributed by atoms with Gasteiger partial charge in [0.2, 0.25) is 5.91 Å². The molecule has 0 unspecified atom stereocenters. The summed E-state index contributed by atoms with van der Waals surface area (Å²) in [5.74, 6) is -0.325. The van der Waals surface area contributed by atoms with E-state index in [1.807, 2.05) is 13.8 Å². The van der Waals surface area contributed by atoms with Crippen LogP contribution in [0, 0.1) is 0 Å². The number of amides is 2. The Bertz CT molecular complexity index is 457. The number of hydrogen-bond donors (Lipinski definition) is 1. The van der Waals surface area contributed by atoms with Gasteiger partial charge >= 0.3 is 0 Å². The number of halogens is 1. The Balaban J connectivity index is 2.88. The summed E-state index contributed by atoms with van der Waals surface area (Å²) in [7, 11) is 0. The van der Waals surface area contributed by atoms with E-state index >= 15 is 0 Å². The second kappa shape index (κ2) is 7.14. The minimum absolute atomic E-state index is 0.0416. The van der Waals surface area contributed by atoms with Crippen LogP contribution in [0.25, 0.3) is 0 Å². The molecule has 0 aliphatic carbocycles. The van der Waals surface area contributed by atoms with Gasteiger partial charge in [0, 0.05) is 24.3 Å². The normalized spacial score (nSPS) is 11.8. The highest BCUT2D eigenvalue weighted by Gasteiger charge is 2.14. The zero-order chi connectivity index (χ0) is 14.4. The Hall–Kier alpha value is -1.55. The van der Waals surface area contributed by atoms with Crippen molar-refractivity contribution in [1.82, 2.24) is 4.90 Å². The third-order valence-corrected chi connectivity index (χ3v) is 2.99. The largest absolute Gasteiger partial charge is 0.339 e. The van der Waals surface area contributed by atoms with Crippen molar-refractivity contribution in [3.05, 3.63) is 29.8 Å². The van der Waals surface area contributed by atoms with E-state index in [0.717, 1.165) is 0 Å². The maximum atomic E-state index is 12.2. The number of nitrogens with zero attached hydrogens (tertiary/aromatic N) is 1. The first kappa shape index (κ1) is 15.5. The number of hydrogen-bond acceptors (Lipinski definition) is 2. The van der Waals surface area contributed by atoms with Gasteiger partial charge in [-0.3, -0.25) is 9.59 Å². The van der Waals surface area contributed by atoms with Crippen LogP contribution < -0.4 is 5.32 Å². The maximum absolute atomic E-state index is 12.2. The molecule has 0 aromatic heterocycles. The van der Waals surface area contributed by atoms with Crippen molar-refractivity contribution in [2.24, 2.45) is 0 Å². The molecule has 0 radical (unpaired) electrons. The van der Waals surface area contributed by atoms with Crippen molar-refractivity contribution in [1.29, 1.82) is 0 Å². The topological polar surface area (TPSA) is 49.4 Å². The van der Waals surface area contributed by atoms with E-state index in [1.165, 1.54) is 0 Å². The Morgan fingerprint density at radius 3 is 2.47 bits per heavy atom. The fourth-order valence-electron chi connectivity index (χ4n) is 1.67. The van der Waals surface area contributed by atoms with Crippen LogP contribution in [-0.4, -0.2) is 35.2 Å².